The molecule has 206 valence electrons. The standard InChI is InChI=1S/C31H33FN6O2/c1-6-24-27(22-13-8-10-14-23(22)32)34-30-28(33-24)29(37-17-16-36(18-20(37)5)26(39)7-2)35-31(40)38(30)25-15-11-9-12-21(25)19(3)4/h7-15,19-20H,2,6,16-18H2,1,3-5H3/t20-/m0/s1. The number of aromatic nitrogens is 4. The Morgan fingerprint density at radius 1 is 1.10 bits per heavy atom. The third-order valence-corrected chi connectivity index (χ3v) is 7.42. The predicted molar refractivity (Wildman–Crippen MR) is 155 cm³/mol. The first-order valence-electron chi connectivity index (χ1n) is 13.6. The summed E-state index contributed by atoms with van der Waals surface area (Å²) in [6.07, 6.45) is 1.82. The summed E-state index contributed by atoms with van der Waals surface area (Å²) in [7, 11) is 0. The number of hydrogen-bond donors (Lipinski definition) is 0. The Hall–Kier alpha value is -4.40. The number of rotatable bonds is 6. The molecule has 8 nitrogen and oxygen atoms in total. The fraction of sp³-hybridized carbons (Fsp3) is 0.323. The van der Waals surface area contributed by atoms with Gasteiger partial charge in [-0.15, -0.1) is 0 Å². The van der Waals surface area contributed by atoms with Gasteiger partial charge in [-0.1, -0.05) is 57.7 Å². The van der Waals surface area contributed by atoms with Crippen LogP contribution in [0.2, 0.25) is 0 Å². The number of piperazine rings is 1. The zero-order chi connectivity index (χ0) is 28.6. The monoisotopic (exact) mass is 540 g/mol. The minimum absolute atomic E-state index is 0.127. The molecular formula is C31H33FN6O2. The molecule has 0 spiro atoms. The number of carbonyl (C=O) groups excluding carboxylic acids is 1. The van der Waals surface area contributed by atoms with Crippen LogP contribution in [0.4, 0.5) is 10.2 Å². The maximum atomic E-state index is 15.0. The Bertz CT molecular complexity index is 1660. The maximum Gasteiger partial charge on any atom is 0.355 e. The molecular weight excluding hydrogens is 507 g/mol. The smallest absolute Gasteiger partial charge is 0.348 e. The highest BCUT2D eigenvalue weighted by Crippen LogP contribution is 2.32. The number of anilines is 1. The van der Waals surface area contributed by atoms with Crippen molar-refractivity contribution in [2.45, 2.75) is 46.1 Å². The van der Waals surface area contributed by atoms with Crippen LogP contribution in [0, 0.1) is 5.82 Å². The normalized spacial score (nSPS) is 15.6. The molecule has 1 saturated heterocycles. The molecule has 2 aromatic carbocycles. The number of fused-ring (bicyclic) bond motifs is 1. The second-order valence-electron chi connectivity index (χ2n) is 10.3. The van der Waals surface area contributed by atoms with E-state index in [4.69, 9.17) is 9.97 Å². The van der Waals surface area contributed by atoms with Crippen LogP contribution in [0.5, 0.6) is 0 Å². The van der Waals surface area contributed by atoms with Crippen LogP contribution in [-0.2, 0) is 11.2 Å². The second kappa shape index (κ2) is 11.0. The van der Waals surface area contributed by atoms with Crippen molar-refractivity contribution in [2.24, 2.45) is 0 Å². The van der Waals surface area contributed by atoms with E-state index in [0.717, 1.165) is 5.56 Å². The Balaban J connectivity index is 1.81. The number of aryl methyl sites for hydroxylation is 1. The average Bonchev–Trinajstić information content (AvgIpc) is 2.96. The third kappa shape index (κ3) is 4.76. The highest BCUT2D eigenvalue weighted by Gasteiger charge is 2.30. The molecule has 1 atom stereocenters. The summed E-state index contributed by atoms with van der Waals surface area (Å²) in [5.74, 6) is 0.00172. The first-order chi connectivity index (χ1) is 19.2. The molecule has 40 heavy (non-hydrogen) atoms. The fourth-order valence-corrected chi connectivity index (χ4v) is 5.37. The molecule has 0 bridgehead atoms. The first kappa shape index (κ1) is 27.2. The first-order valence-corrected chi connectivity index (χ1v) is 13.6. The van der Waals surface area contributed by atoms with Crippen LogP contribution < -0.4 is 10.6 Å². The number of nitrogens with zero attached hydrogens (tertiary/aromatic N) is 6. The SMILES string of the molecule is C=CC(=O)N1CCN(c2nc(=O)n(-c3ccccc3C(C)C)c3nc(-c4ccccc4F)c(CC)nc23)[C@@H](C)C1. The van der Waals surface area contributed by atoms with Crippen molar-refractivity contribution in [1.82, 2.24) is 24.4 Å². The number of hydrogen-bond acceptors (Lipinski definition) is 6. The molecule has 1 aliphatic heterocycles. The van der Waals surface area contributed by atoms with Crippen molar-refractivity contribution < 1.29 is 9.18 Å². The minimum Gasteiger partial charge on any atom is -0.348 e. The molecule has 0 saturated carbocycles. The molecule has 1 fully saturated rings. The maximum absolute atomic E-state index is 15.0. The summed E-state index contributed by atoms with van der Waals surface area (Å²) in [6, 6.07) is 14.0. The van der Waals surface area contributed by atoms with Gasteiger partial charge in [-0.25, -0.2) is 23.7 Å². The molecule has 3 heterocycles. The van der Waals surface area contributed by atoms with Gasteiger partial charge in [0.05, 0.1) is 17.1 Å². The number of benzene rings is 2. The molecule has 4 aromatic rings. The summed E-state index contributed by atoms with van der Waals surface area (Å²) in [5, 5.41) is 0. The van der Waals surface area contributed by atoms with Crippen LogP contribution in [0.1, 0.15) is 44.9 Å². The lowest BCUT2D eigenvalue weighted by Crippen LogP contribution is -2.54. The van der Waals surface area contributed by atoms with E-state index in [1.165, 1.54) is 16.7 Å². The molecule has 5 rings (SSSR count). The summed E-state index contributed by atoms with van der Waals surface area (Å²) in [5.41, 5.74) is 3.24. The Morgan fingerprint density at radius 3 is 2.50 bits per heavy atom. The van der Waals surface area contributed by atoms with Gasteiger partial charge in [0.1, 0.15) is 11.3 Å². The van der Waals surface area contributed by atoms with Crippen LogP contribution in [0.25, 0.3) is 28.1 Å². The number of para-hydroxylation sites is 1. The summed E-state index contributed by atoms with van der Waals surface area (Å²) >= 11 is 0. The zero-order valence-corrected chi connectivity index (χ0v) is 23.3. The lowest BCUT2D eigenvalue weighted by molar-refractivity contribution is -0.126. The molecule has 2 aromatic heterocycles. The van der Waals surface area contributed by atoms with E-state index in [2.05, 4.69) is 25.4 Å². The van der Waals surface area contributed by atoms with Crippen LogP contribution >= 0.6 is 0 Å². The highest BCUT2D eigenvalue weighted by atomic mass is 19.1. The van der Waals surface area contributed by atoms with Crippen LogP contribution in [0.3, 0.4) is 0 Å². The van der Waals surface area contributed by atoms with Gasteiger partial charge in [0.2, 0.25) is 5.91 Å². The second-order valence-corrected chi connectivity index (χ2v) is 10.3. The van der Waals surface area contributed by atoms with Crippen molar-refractivity contribution in [3.05, 3.63) is 88.7 Å². The fourth-order valence-electron chi connectivity index (χ4n) is 5.37. The largest absolute Gasteiger partial charge is 0.355 e. The van der Waals surface area contributed by atoms with E-state index >= 15 is 4.39 Å². The van der Waals surface area contributed by atoms with Crippen LogP contribution in [0.15, 0.2) is 66.0 Å². The summed E-state index contributed by atoms with van der Waals surface area (Å²) < 4.78 is 16.5. The number of amides is 1. The van der Waals surface area contributed by atoms with Gasteiger partial charge < -0.3 is 9.80 Å². The van der Waals surface area contributed by atoms with Gasteiger partial charge in [-0.3, -0.25) is 4.79 Å². The van der Waals surface area contributed by atoms with Gasteiger partial charge in [0.15, 0.2) is 11.5 Å². The lowest BCUT2D eigenvalue weighted by atomic mass is 10.0. The predicted octanol–water partition coefficient (Wildman–Crippen LogP) is 4.89. The van der Waals surface area contributed by atoms with Gasteiger partial charge in [0, 0.05) is 31.2 Å². The minimum atomic E-state index is -0.495. The Labute approximate surface area is 232 Å². The van der Waals surface area contributed by atoms with Crippen molar-refractivity contribution in [3.8, 4) is 16.9 Å². The van der Waals surface area contributed by atoms with Gasteiger partial charge in [-0.2, -0.15) is 4.98 Å². The van der Waals surface area contributed by atoms with Crippen molar-refractivity contribution >= 4 is 22.9 Å². The zero-order valence-electron chi connectivity index (χ0n) is 23.3. The van der Waals surface area contributed by atoms with Crippen molar-refractivity contribution in [1.29, 1.82) is 0 Å². The molecule has 0 unspecified atom stereocenters. The molecule has 9 heteroatoms. The highest BCUT2D eigenvalue weighted by molar-refractivity contribution is 5.89. The molecule has 1 aliphatic rings. The van der Waals surface area contributed by atoms with E-state index in [-0.39, 0.29) is 17.9 Å². The van der Waals surface area contributed by atoms with E-state index in [1.807, 2.05) is 43.0 Å². The Morgan fingerprint density at radius 2 is 1.82 bits per heavy atom. The lowest BCUT2D eigenvalue weighted by Gasteiger charge is -2.40. The molecule has 0 radical (unpaired) electrons. The van der Waals surface area contributed by atoms with E-state index < -0.39 is 11.5 Å². The number of carbonyl (C=O) groups is 1. The van der Waals surface area contributed by atoms with E-state index in [0.29, 0.717) is 65.7 Å². The van der Waals surface area contributed by atoms with Crippen molar-refractivity contribution in [2.75, 3.05) is 24.5 Å². The van der Waals surface area contributed by atoms with Gasteiger partial charge in [0.25, 0.3) is 0 Å². The van der Waals surface area contributed by atoms with Crippen molar-refractivity contribution in [3.63, 3.8) is 0 Å². The number of halogens is 1. The Kier molecular flexibility index (Phi) is 7.47. The average molecular weight is 541 g/mol. The van der Waals surface area contributed by atoms with E-state index in [9.17, 15) is 9.59 Å². The molecule has 1 amide bonds. The van der Waals surface area contributed by atoms with E-state index in [1.54, 1.807) is 23.1 Å². The summed E-state index contributed by atoms with van der Waals surface area (Å²) in [4.78, 5) is 44.4. The topological polar surface area (TPSA) is 84.2 Å². The third-order valence-electron chi connectivity index (χ3n) is 7.42. The van der Waals surface area contributed by atoms with Gasteiger partial charge >= 0.3 is 5.69 Å². The quantitative estimate of drug-likeness (QED) is 0.324. The molecule has 0 N–H and O–H groups in total. The van der Waals surface area contributed by atoms with Gasteiger partial charge in [-0.05, 0) is 49.1 Å². The molecule has 0 aliphatic carbocycles. The summed E-state index contributed by atoms with van der Waals surface area (Å²) in [6.45, 7) is 13.0. The van der Waals surface area contributed by atoms with Crippen LogP contribution in [-0.4, -0.2) is 56.0 Å².